The first-order valence-electron chi connectivity index (χ1n) is 6.35. The molecule has 0 fully saturated rings. The second-order valence-electron chi connectivity index (χ2n) is 4.39. The lowest BCUT2D eigenvalue weighted by Gasteiger charge is -2.13. The summed E-state index contributed by atoms with van der Waals surface area (Å²) in [6.07, 6.45) is 0. The van der Waals surface area contributed by atoms with E-state index in [1.54, 1.807) is 18.4 Å². The van der Waals surface area contributed by atoms with Crippen molar-refractivity contribution in [3.8, 4) is 5.75 Å². The molecule has 11 heteroatoms. The van der Waals surface area contributed by atoms with Gasteiger partial charge in [0.05, 0.1) is 11.4 Å². The topological polar surface area (TPSA) is 98.7 Å². The van der Waals surface area contributed by atoms with Crippen LogP contribution >= 0.6 is 34.3 Å². The van der Waals surface area contributed by atoms with Gasteiger partial charge in [0.1, 0.15) is 4.34 Å². The Morgan fingerprint density at radius 3 is 2.57 bits per heavy atom. The highest BCUT2D eigenvalue weighted by atomic mass is 35.5. The highest BCUT2D eigenvalue weighted by molar-refractivity contribution is 7.91. The van der Waals surface area contributed by atoms with Crippen LogP contribution < -0.4 is 10.6 Å². The lowest BCUT2D eigenvalue weighted by molar-refractivity contribution is 0.262. The first-order valence-corrected chi connectivity index (χ1v) is 9.92. The number of anilines is 2. The monoisotopic (exact) mass is 395 g/mol. The number of nitrogens with one attached hydrogen (secondary N) is 2. The Labute approximate surface area is 146 Å². The van der Waals surface area contributed by atoms with Crippen molar-refractivity contribution >= 4 is 61.7 Å². The van der Waals surface area contributed by atoms with Gasteiger partial charge in [-0.2, -0.15) is 0 Å². The normalized spacial score (nSPS) is 11.7. The number of urea groups is 1. The zero-order chi connectivity index (χ0) is 17.2. The molecule has 0 unspecified atom stereocenters. The smallest absolute Gasteiger partial charge is 0.323 e. The molecule has 2 rings (SSSR count). The SMILES string of the molecule is CCN(C)S(=O)(=O)c1scc(NC(=O)Nc2ccsc2Cl)c1O. The van der Waals surface area contributed by atoms with Gasteiger partial charge < -0.3 is 15.7 Å². The van der Waals surface area contributed by atoms with Gasteiger partial charge in [0, 0.05) is 19.0 Å². The van der Waals surface area contributed by atoms with Crippen molar-refractivity contribution < 1.29 is 18.3 Å². The first kappa shape index (κ1) is 18.0. The first-order chi connectivity index (χ1) is 10.8. The number of halogens is 1. The van der Waals surface area contributed by atoms with Crippen LogP contribution in [0, 0.1) is 0 Å². The number of hydrogen-bond acceptors (Lipinski definition) is 6. The molecule has 2 amide bonds. The van der Waals surface area contributed by atoms with Crippen molar-refractivity contribution in [1.29, 1.82) is 0 Å². The minimum Gasteiger partial charge on any atom is -0.504 e. The van der Waals surface area contributed by atoms with Crippen LogP contribution in [-0.4, -0.2) is 37.5 Å². The summed E-state index contributed by atoms with van der Waals surface area (Å²) in [6, 6.07) is 0.998. The van der Waals surface area contributed by atoms with Crippen molar-refractivity contribution in [3.63, 3.8) is 0 Å². The van der Waals surface area contributed by atoms with Crippen LogP contribution in [0.25, 0.3) is 0 Å². The number of carbonyl (C=O) groups excluding carboxylic acids is 1. The van der Waals surface area contributed by atoms with Crippen LogP contribution in [-0.2, 0) is 10.0 Å². The maximum absolute atomic E-state index is 12.2. The maximum Gasteiger partial charge on any atom is 0.323 e. The number of sulfonamides is 1. The molecule has 0 saturated carbocycles. The van der Waals surface area contributed by atoms with Gasteiger partial charge in [-0.15, -0.1) is 22.7 Å². The fraction of sp³-hybridized carbons (Fsp3) is 0.250. The van der Waals surface area contributed by atoms with Gasteiger partial charge in [0.2, 0.25) is 0 Å². The molecule has 3 N–H and O–H groups in total. The zero-order valence-corrected chi connectivity index (χ0v) is 15.4. The van der Waals surface area contributed by atoms with Crippen LogP contribution in [0.1, 0.15) is 6.92 Å². The number of rotatable bonds is 5. The largest absolute Gasteiger partial charge is 0.504 e. The number of amides is 2. The van der Waals surface area contributed by atoms with Crippen LogP contribution in [0.3, 0.4) is 0 Å². The summed E-state index contributed by atoms with van der Waals surface area (Å²) < 4.78 is 25.7. The molecule has 126 valence electrons. The predicted molar refractivity (Wildman–Crippen MR) is 93.4 cm³/mol. The zero-order valence-electron chi connectivity index (χ0n) is 12.2. The van der Waals surface area contributed by atoms with E-state index >= 15 is 0 Å². The molecule has 2 aromatic rings. The average Bonchev–Trinajstić information content (AvgIpc) is 3.05. The second-order valence-corrected chi connectivity index (χ2v) is 9.03. The number of thiophene rings is 2. The minimum absolute atomic E-state index is 0.0157. The van der Waals surface area contributed by atoms with Gasteiger partial charge in [-0.1, -0.05) is 18.5 Å². The van der Waals surface area contributed by atoms with Crippen molar-refractivity contribution in [2.75, 3.05) is 24.2 Å². The third-order valence-electron chi connectivity index (χ3n) is 2.94. The molecule has 0 radical (unpaired) electrons. The number of nitrogens with zero attached hydrogens (tertiary/aromatic N) is 1. The molecular formula is C12H14ClN3O4S3. The molecule has 7 nitrogen and oxygen atoms in total. The Balaban J connectivity index is 2.17. The Kier molecular flexibility index (Phi) is 5.53. The van der Waals surface area contributed by atoms with E-state index in [9.17, 15) is 18.3 Å². The molecule has 0 aromatic carbocycles. The van der Waals surface area contributed by atoms with Crippen molar-refractivity contribution in [1.82, 2.24) is 4.31 Å². The predicted octanol–water partition coefficient (Wildman–Crippen LogP) is 3.45. The fourth-order valence-corrected chi connectivity index (χ4v) is 5.02. The van der Waals surface area contributed by atoms with Gasteiger partial charge in [0.25, 0.3) is 10.0 Å². The van der Waals surface area contributed by atoms with E-state index in [0.29, 0.717) is 10.0 Å². The lowest BCUT2D eigenvalue weighted by Crippen LogP contribution is -2.26. The molecule has 2 heterocycles. The molecule has 0 aliphatic carbocycles. The molecule has 0 saturated heterocycles. The standard InChI is InChI=1S/C12H14ClN3O4S3/c1-3-16(2)23(19,20)11-9(17)8(6-22-11)15-12(18)14-7-4-5-21-10(7)13/h4-6,17H,3H2,1-2H3,(H2,14,15,18). The van der Waals surface area contributed by atoms with Crippen molar-refractivity contribution in [3.05, 3.63) is 21.2 Å². The van der Waals surface area contributed by atoms with Gasteiger partial charge in [-0.25, -0.2) is 17.5 Å². The summed E-state index contributed by atoms with van der Waals surface area (Å²) in [6.45, 7) is 1.94. The third kappa shape index (κ3) is 3.78. The quantitative estimate of drug-likeness (QED) is 0.721. The molecular weight excluding hydrogens is 382 g/mol. The van der Waals surface area contributed by atoms with E-state index in [0.717, 1.165) is 15.6 Å². The van der Waals surface area contributed by atoms with Crippen LogP contribution in [0.2, 0.25) is 4.34 Å². The number of carbonyl (C=O) groups is 1. The van der Waals surface area contributed by atoms with Gasteiger partial charge >= 0.3 is 6.03 Å². The average molecular weight is 396 g/mol. The van der Waals surface area contributed by atoms with Gasteiger partial charge in [-0.3, -0.25) is 0 Å². The minimum atomic E-state index is -3.78. The van der Waals surface area contributed by atoms with Crippen LogP contribution in [0.5, 0.6) is 5.75 Å². The maximum atomic E-state index is 12.2. The molecule has 0 aliphatic rings. The summed E-state index contributed by atoms with van der Waals surface area (Å²) >= 11 is 7.97. The highest BCUT2D eigenvalue weighted by Gasteiger charge is 2.27. The van der Waals surface area contributed by atoms with E-state index in [1.165, 1.54) is 23.8 Å². The van der Waals surface area contributed by atoms with Crippen LogP contribution in [0.15, 0.2) is 21.0 Å². The fourth-order valence-electron chi connectivity index (χ4n) is 1.57. The molecule has 23 heavy (non-hydrogen) atoms. The van der Waals surface area contributed by atoms with Gasteiger partial charge in [-0.05, 0) is 11.4 Å². The number of hydrogen-bond donors (Lipinski definition) is 3. The molecule has 0 aliphatic heterocycles. The van der Waals surface area contributed by atoms with Crippen molar-refractivity contribution in [2.45, 2.75) is 11.1 Å². The Morgan fingerprint density at radius 2 is 2.00 bits per heavy atom. The summed E-state index contributed by atoms with van der Waals surface area (Å²) in [5, 5.41) is 18.1. The van der Waals surface area contributed by atoms with Crippen molar-refractivity contribution in [2.24, 2.45) is 0 Å². The Bertz CT molecular complexity index is 815. The molecule has 0 atom stereocenters. The lowest BCUT2D eigenvalue weighted by atomic mass is 10.5. The van der Waals surface area contributed by atoms with E-state index in [-0.39, 0.29) is 16.4 Å². The van der Waals surface area contributed by atoms with E-state index in [1.807, 2.05) is 0 Å². The summed E-state index contributed by atoms with van der Waals surface area (Å²) in [5.74, 6) is -0.484. The van der Waals surface area contributed by atoms with E-state index < -0.39 is 21.8 Å². The summed E-state index contributed by atoms with van der Waals surface area (Å²) in [7, 11) is -2.37. The highest BCUT2D eigenvalue weighted by Crippen LogP contribution is 2.39. The molecule has 0 spiro atoms. The van der Waals surface area contributed by atoms with Crippen LogP contribution in [0.4, 0.5) is 16.2 Å². The van der Waals surface area contributed by atoms with E-state index in [4.69, 9.17) is 11.6 Å². The number of aromatic hydroxyl groups is 1. The third-order valence-corrected chi connectivity index (χ3v) is 7.53. The van der Waals surface area contributed by atoms with E-state index in [2.05, 4.69) is 10.6 Å². The second kappa shape index (κ2) is 7.05. The summed E-state index contributed by atoms with van der Waals surface area (Å²) in [5.41, 5.74) is 0.448. The summed E-state index contributed by atoms with van der Waals surface area (Å²) in [4.78, 5) is 11.9. The Hall–Kier alpha value is -1.33. The van der Waals surface area contributed by atoms with Gasteiger partial charge in [0.15, 0.2) is 9.96 Å². The molecule has 0 bridgehead atoms. The molecule has 2 aromatic heterocycles. The Morgan fingerprint density at radius 1 is 1.35 bits per heavy atom.